The third-order valence-electron chi connectivity index (χ3n) is 6.09. The van der Waals surface area contributed by atoms with Gasteiger partial charge >= 0.3 is 5.97 Å². The molecular formula is C31H24N4O3. The normalized spacial score (nSPS) is 11.0. The Morgan fingerprint density at radius 2 is 1.32 bits per heavy atom. The van der Waals surface area contributed by atoms with E-state index in [1.165, 1.54) is 22.9 Å². The maximum Gasteiger partial charge on any atom is 0.335 e. The molecule has 7 nitrogen and oxygen atoms in total. The van der Waals surface area contributed by atoms with Gasteiger partial charge in [0.15, 0.2) is 5.69 Å². The molecule has 4 aromatic carbocycles. The van der Waals surface area contributed by atoms with Crippen LogP contribution in [-0.2, 0) is 0 Å². The molecule has 1 N–H and O–H groups in total. The second-order valence-corrected chi connectivity index (χ2v) is 8.58. The van der Waals surface area contributed by atoms with Crippen molar-refractivity contribution < 1.29 is 14.7 Å². The topological polar surface area (TPSA) is 88.3 Å². The number of rotatable bonds is 8. The third kappa shape index (κ3) is 5.12. The average molecular weight is 501 g/mol. The van der Waals surface area contributed by atoms with Crippen molar-refractivity contribution in [2.75, 3.05) is 4.90 Å². The molecule has 0 fully saturated rings. The van der Waals surface area contributed by atoms with E-state index in [-0.39, 0.29) is 17.0 Å². The first-order valence-corrected chi connectivity index (χ1v) is 12.0. The Morgan fingerprint density at radius 1 is 0.763 bits per heavy atom. The summed E-state index contributed by atoms with van der Waals surface area (Å²) in [7, 11) is 0. The van der Waals surface area contributed by atoms with Crippen molar-refractivity contribution in [3.05, 3.63) is 138 Å². The molecule has 1 heterocycles. The van der Waals surface area contributed by atoms with Crippen LogP contribution in [0.25, 0.3) is 11.8 Å². The Kier molecular flexibility index (Phi) is 6.91. The maximum absolute atomic E-state index is 12.9. The Morgan fingerprint density at radius 3 is 1.87 bits per heavy atom. The van der Waals surface area contributed by atoms with Crippen molar-refractivity contribution in [1.82, 2.24) is 15.0 Å². The largest absolute Gasteiger partial charge is 0.478 e. The van der Waals surface area contributed by atoms with Crippen molar-refractivity contribution >= 4 is 34.9 Å². The summed E-state index contributed by atoms with van der Waals surface area (Å²) in [5.74, 6) is -1.27. The molecule has 0 amide bonds. The van der Waals surface area contributed by atoms with Crippen molar-refractivity contribution in [1.29, 1.82) is 0 Å². The van der Waals surface area contributed by atoms with Crippen LogP contribution < -0.4 is 4.90 Å². The van der Waals surface area contributed by atoms with Crippen LogP contribution in [0.2, 0.25) is 0 Å². The van der Waals surface area contributed by atoms with Gasteiger partial charge in [-0.25, -0.2) is 9.48 Å². The van der Waals surface area contributed by atoms with Gasteiger partial charge in [0.25, 0.3) is 0 Å². The van der Waals surface area contributed by atoms with E-state index in [0.717, 1.165) is 22.6 Å². The first-order chi connectivity index (χ1) is 18.5. The number of benzene rings is 4. The summed E-state index contributed by atoms with van der Waals surface area (Å²) in [4.78, 5) is 26.1. The zero-order chi connectivity index (χ0) is 26.5. The predicted molar refractivity (Wildman–Crippen MR) is 148 cm³/mol. The summed E-state index contributed by atoms with van der Waals surface area (Å²) in [6, 6.07) is 34.5. The minimum absolute atomic E-state index is 0.174. The van der Waals surface area contributed by atoms with Gasteiger partial charge in [-0.05, 0) is 79.2 Å². The first-order valence-electron chi connectivity index (χ1n) is 12.0. The van der Waals surface area contributed by atoms with Crippen LogP contribution in [0.5, 0.6) is 0 Å². The van der Waals surface area contributed by atoms with Gasteiger partial charge in [-0.3, -0.25) is 4.79 Å². The second-order valence-electron chi connectivity index (χ2n) is 8.58. The number of aromatic nitrogens is 3. The van der Waals surface area contributed by atoms with Crippen LogP contribution in [0.15, 0.2) is 115 Å². The fraction of sp³-hybridized carbons (Fsp3) is 0.0323. The van der Waals surface area contributed by atoms with Gasteiger partial charge in [-0.15, -0.1) is 5.10 Å². The summed E-state index contributed by atoms with van der Waals surface area (Å²) in [6.07, 6.45) is 3.23. The molecule has 5 aromatic rings. The number of carboxylic acid groups (broad SMARTS) is 1. The van der Waals surface area contributed by atoms with Crippen LogP contribution in [0.4, 0.5) is 17.1 Å². The van der Waals surface area contributed by atoms with E-state index in [9.17, 15) is 9.59 Å². The number of anilines is 3. The molecule has 38 heavy (non-hydrogen) atoms. The lowest BCUT2D eigenvalue weighted by Crippen LogP contribution is -2.09. The Labute approximate surface area is 219 Å². The van der Waals surface area contributed by atoms with Crippen LogP contribution >= 0.6 is 0 Å². The molecule has 0 aliphatic heterocycles. The predicted octanol–water partition coefficient (Wildman–Crippen LogP) is 6.64. The lowest BCUT2D eigenvalue weighted by molar-refractivity contribution is 0.0696. The quantitative estimate of drug-likeness (QED) is 0.190. The number of carbonyl (C=O) groups excluding carboxylic acids is 1. The SMILES string of the molecule is Cc1c(C(=O)C=Cc2ccc(N(c3ccccc3)c3ccccc3)cc2)nnn1-c1ccc(C(=O)O)cc1. The number of hydrogen-bond donors (Lipinski definition) is 1. The smallest absolute Gasteiger partial charge is 0.335 e. The van der Waals surface area contributed by atoms with E-state index in [4.69, 9.17) is 5.11 Å². The molecule has 0 unspecified atom stereocenters. The second kappa shape index (κ2) is 10.8. The number of hydrogen-bond acceptors (Lipinski definition) is 5. The van der Waals surface area contributed by atoms with E-state index in [1.54, 1.807) is 25.1 Å². The van der Waals surface area contributed by atoms with Gasteiger partial charge in [0.2, 0.25) is 5.78 Å². The molecule has 0 spiro atoms. The Bertz CT molecular complexity index is 1550. The maximum atomic E-state index is 12.9. The van der Waals surface area contributed by atoms with Gasteiger partial charge < -0.3 is 10.0 Å². The number of carboxylic acids is 1. The molecule has 0 atom stereocenters. The highest BCUT2D eigenvalue weighted by atomic mass is 16.4. The lowest BCUT2D eigenvalue weighted by atomic mass is 10.1. The fourth-order valence-corrected chi connectivity index (χ4v) is 4.13. The molecular weight excluding hydrogens is 476 g/mol. The molecule has 0 bridgehead atoms. The van der Waals surface area contributed by atoms with Gasteiger partial charge in [-0.2, -0.15) is 0 Å². The van der Waals surface area contributed by atoms with Crippen molar-refractivity contribution in [3.63, 3.8) is 0 Å². The molecule has 0 aliphatic rings. The van der Waals surface area contributed by atoms with E-state index < -0.39 is 5.97 Å². The zero-order valence-corrected chi connectivity index (χ0v) is 20.6. The zero-order valence-electron chi connectivity index (χ0n) is 20.6. The van der Waals surface area contributed by atoms with E-state index >= 15 is 0 Å². The number of para-hydroxylation sites is 2. The van der Waals surface area contributed by atoms with Gasteiger partial charge in [-0.1, -0.05) is 59.8 Å². The summed E-state index contributed by atoms with van der Waals surface area (Å²) >= 11 is 0. The van der Waals surface area contributed by atoms with Crippen molar-refractivity contribution in [3.8, 4) is 5.69 Å². The number of aromatic carboxylic acids is 1. The summed E-state index contributed by atoms with van der Waals surface area (Å²) in [5.41, 5.74) is 5.57. The minimum Gasteiger partial charge on any atom is -0.478 e. The van der Waals surface area contributed by atoms with Crippen molar-refractivity contribution in [2.45, 2.75) is 6.92 Å². The Balaban J connectivity index is 1.34. The van der Waals surface area contributed by atoms with E-state index in [2.05, 4.69) is 39.5 Å². The van der Waals surface area contributed by atoms with E-state index in [1.807, 2.05) is 60.7 Å². The highest BCUT2D eigenvalue weighted by molar-refractivity contribution is 6.06. The monoisotopic (exact) mass is 500 g/mol. The molecule has 0 radical (unpaired) electrons. The molecule has 186 valence electrons. The number of allylic oxidation sites excluding steroid dienone is 1. The molecule has 0 saturated heterocycles. The van der Waals surface area contributed by atoms with Gasteiger partial charge in [0.05, 0.1) is 16.9 Å². The summed E-state index contributed by atoms with van der Waals surface area (Å²) < 4.78 is 1.52. The minimum atomic E-state index is -1.01. The molecule has 7 heteroatoms. The van der Waals surface area contributed by atoms with Gasteiger partial charge in [0.1, 0.15) is 0 Å². The van der Waals surface area contributed by atoms with E-state index in [0.29, 0.717) is 11.4 Å². The molecule has 1 aromatic heterocycles. The third-order valence-corrected chi connectivity index (χ3v) is 6.09. The molecule has 5 rings (SSSR count). The number of nitrogens with zero attached hydrogens (tertiary/aromatic N) is 4. The fourth-order valence-electron chi connectivity index (χ4n) is 4.13. The number of ketones is 1. The van der Waals surface area contributed by atoms with Crippen LogP contribution in [0.3, 0.4) is 0 Å². The molecule has 0 saturated carbocycles. The highest BCUT2D eigenvalue weighted by Gasteiger charge is 2.16. The Hall–Kier alpha value is -5.30. The van der Waals surface area contributed by atoms with Crippen molar-refractivity contribution in [2.24, 2.45) is 0 Å². The molecule has 0 aliphatic carbocycles. The average Bonchev–Trinajstić information content (AvgIpc) is 3.35. The van der Waals surface area contributed by atoms with Crippen LogP contribution in [-0.4, -0.2) is 31.9 Å². The number of carbonyl (C=O) groups is 2. The summed E-state index contributed by atoms with van der Waals surface area (Å²) in [5, 5.41) is 17.2. The standard InChI is InChI=1S/C31H24N4O3/c1-22-30(32-33-35(22)28-19-15-24(16-20-28)31(37)38)29(36)21-14-23-12-17-27(18-13-23)34(25-8-4-2-5-9-25)26-10-6-3-7-11-26/h2-21H,1H3,(H,37,38). The van der Waals surface area contributed by atoms with Gasteiger partial charge in [0, 0.05) is 17.1 Å². The summed E-state index contributed by atoms with van der Waals surface area (Å²) in [6.45, 7) is 1.75. The highest BCUT2D eigenvalue weighted by Crippen LogP contribution is 2.34. The lowest BCUT2D eigenvalue weighted by Gasteiger charge is -2.25. The van der Waals surface area contributed by atoms with Crippen LogP contribution in [0, 0.1) is 6.92 Å². The van der Waals surface area contributed by atoms with Crippen LogP contribution in [0.1, 0.15) is 32.1 Å². The first kappa shape index (κ1) is 24.4.